The maximum Gasteiger partial charge on any atom is 0.0286 e. The predicted octanol–water partition coefficient (Wildman–Crippen LogP) is 8.27. The fraction of sp³-hybridized carbons (Fsp3) is 0.412. The minimum absolute atomic E-state index is 0.00853. The quantitative estimate of drug-likeness (QED) is 0.336. The van der Waals surface area contributed by atoms with Crippen LogP contribution in [0.3, 0.4) is 0 Å². The van der Waals surface area contributed by atoms with Crippen LogP contribution in [0.1, 0.15) is 105 Å². The standard InChI is InChI=1S/C34H36/c1-6-20-32-25-14-10-11-15-26(25)33(21-7-2)29-19-18-24(9-4)23-30(29)34(22-8-3,31(32,33)5)28-17-13-12-16-27(28)32/h4,10-19,23H,6-8,20-22H2,1-3,5H3/t31-,32+,33-,34+/m1/s1. The second-order valence-electron chi connectivity index (χ2n) is 11.1. The Morgan fingerprint density at radius 1 is 0.588 bits per heavy atom. The third-order valence-corrected chi connectivity index (χ3v) is 10.2. The Labute approximate surface area is 205 Å². The molecule has 0 radical (unpaired) electrons. The molecule has 0 N–H and O–H groups in total. The molecule has 0 nitrogen and oxygen atoms in total. The van der Waals surface area contributed by atoms with Crippen molar-refractivity contribution in [2.75, 3.05) is 0 Å². The average molecular weight is 445 g/mol. The van der Waals surface area contributed by atoms with E-state index in [2.05, 4.69) is 100 Å². The van der Waals surface area contributed by atoms with Crippen LogP contribution < -0.4 is 0 Å². The van der Waals surface area contributed by atoms with Gasteiger partial charge in [-0.1, -0.05) is 107 Å². The van der Waals surface area contributed by atoms with Gasteiger partial charge in [0.05, 0.1) is 0 Å². The van der Waals surface area contributed by atoms with Crippen molar-refractivity contribution in [3.8, 4) is 12.3 Å². The molecule has 0 spiro atoms. The molecule has 0 unspecified atom stereocenters. The van der Waals surface area contributed by atoms with Crippen LogP contribution in [0, 0.1) is 17.8 Å². The van der Waals surface area contributed by atoms with Crippen LogP contribution in [0.2, 0.25) is 0 Å². The zero-order valence-electron chi connectivity index (χ0n) is 21.2. The van der Waals surface area contributed by atoms with Gasteiger partial charge in [0.2, 0.25) is 0 Å². The summed E-state index contributed by atoms with van der Waals surface area (Å²) in [6.07, 6.45) is 13.0. The molecular weight excluding hydrogens is 408 g/mol. The molecule has 3 aliphatic rings. The summed E-state index contributed by atoms with van der Waals surface area (Å²) in [5, 5.41) is 0. The molecule has 0 amide bonds. The highest BCUT2D eigenvalue weighted by Crippen LogP contribution is 2.84. The summed E-state index contributed by atoms with van der Waals surface area (Å²) >= 11 is 0. The minimum atomic E-state index is -0.0378. The maximum atomic E-state index is 5.99. The molecule has 0 saturated carbocycles. The smallest absolute Gasteiger partial charge is 0.0286 e. The molecule has 34 heavy (non-hydrogen) atoms. The first-order valence-electron chi connectivity index (χ1n) is 13.4. The van der Waals surface area contributed by atoms with Gasteiger partial charge in [0.25, 0.3) is 0 Å². The highest BCUT2D eigenvalue weighted by molar-refractivity contribution is 5.77. The van der Waals surface area contributed by atoms with Crippen molar-refractivity contribution >= 4 is 0 Å². The Morgan fingerprint density at radius 3 is 1.35 bits per heavy atom. The van der Waals surface area contributed by atoms with E-state index in [0.717, 1.165) is 18.4 Å². The molecule has 3 aliphatic carbocycles. The zero-order chi connectivity index (χ0) is 23.8. The van der Waals surface area contributed by atoms with Crippen molar-refractivity contribution in [3.05, 3.63) is 106 Å². The Morgan fingerprint density at radius 2 is 0.971 bits per heavy atom. The van der Waals surface area contributed by atoms with Gasteiger partial charge in [0.15, 0.2) is 0 Å². The molecular formula is C34H36. The average Bonchev–Trinajstić information content (AvgIpc) is 3.27. The van der Waals surface area contributed by atoms with Gasteiger partial charge in [-0.25, -0.2) is 0 Å². The van der Waals surface area contributed by atoms with Crippen molar-refractivity contribution in [1.29, 1.82) is 0 Å². The summed E-state index contributed by atoms with van der Waals surface area (Å²) in [7, 11) is 0. The van der Waals surface area contributed by atoms with Gasteiger partial charge in [-0.2, -0.15) is 0 Å². The Kier molecular flexibility index (Phi) is 4.55. The van der Waals surface area contributed by atoms with E-state index >= 15 is 0 Å². The summed E-state index contributed by atoms with van der Waals surface area (Å²) < 4.78 is 0. The number of hydrogen-bond donors (Lipinski definition) is 0. The van der Waals surface area contributed by atoms with Gasteiger partial charge in [0, 0.05) is 27.2 Å². The number of rotatable bonds is 6. The molecule has 0 aliphatic heterocycles. The molecule has 0 bridgehead atoms. The molecule has 0 fully saturated rings. The van der Waals surface area contributed by atoms with E-state index in [4.69, 9.17) is 6.42 Å². The van der Waals surface area contributed by atoms with E-state index in [9.17, 15) is 0 Å². The third-order valence-electron chi connectivity index (χ3n) is 10.2. The molecule has 6 rings (SSSR count). The van der Waals surface area contributed by atoms with E-state index in [0.29, 0.717) is 0 Å². The van der Waals surface area contributed by atoms with Gasteiger partial charge in [-0.3, -0.25) is 0 Å². The normalized spacial score (nSPS) is 31.5. The van der Waals surface area contributed by atoms with Crippen LogP contribution in [0.5, 0.6) is 0 Å². The second-order valence-corrected chi connectivity index (χ2v) is 11.1. The number of terminal acetylenes is 1. The lowest BCUT2D eigenvalue weighted by atomic mass is 9.48. The topological polar surface area (TPSA) is 0 Å². The monoisotopic (exact) mass is 444 g/mol. The molecule has 0 heteroatoms. The Balaban J connectivity index is 1.91. The maximum absolute atomic E-state index is 5.99. The molecule has 0 saturated heterocycles. The van der Waals surface area contributed by atoms with Crippen LogP contribution in [-0.4, -0.2) is 0 Å². The predicted molar refractivity (Wildman–Crippen MR) is 142 cm³/mol. The van der Waals surface area contributed by atoms with Crippen LogP contribution in [-0.2, 0) is 16.2 Å². The van der Waals surface area contributed by atoms with Crippen LogP contribution in [0.4, 0.5) is 0 Å². The van der Waals surface area contributed by atoms with E-state index < -0.39 is 0 Å². The first-order chi connectivity index (χ1) is 16.5. The van der Waals surface area contributed by atoms with Crippen molar-refractivity contribution in [3.63, 3.8) is 0 Å². The van der Waals surface area contributed by atoms with Crippen LogP contribution in [0.25, 0.3) is 0 Å². The summed E-state index contributed by atoms with van der Waals surface area (Å²) in [4.78, 5) is 0. The summed E-state index contributed by atoms with van der Waals surface area (Å²) in [5.74, 6) is 2.97. The van der Waals surface area contributed by atoms with Crippen molar-refractivity contribution in [1.82, 2.24) is 0 Å². The Hall–Kier alpha value is -2.78. The van der Waals surface area contributed by atoms with Crippen molar-refractivity contribution in [2.24, 2.45) is 5.41 Å². The van der Waals surface area contributed by atoms with Crippen molar-refractivity contribution in [2.45, 2.75) is 82.5 Å². The second kappa shape index (κ2) is 7.11. The van der Waals surface area contributed by atoms with Crippen molar-refractivity contribution < 1.29 is 0 Å². The van der Waals surface area contributed by atoms with Crippen LogP contribution >= 0.6 is 0 Å². The minimum Gasteiger partial charge on any atom is -0.115 e. The van der Waals surface area contributed by atoms with Gasteiger partial charge in [0.1, 0.15) is 0 Å². The number of benzene rings is 3. The fourth-order valence-electron chi connectivity index (χ4n) is 9.64. The summed E-state index contributed by atoms with van der Waals surface area (Å²) in [6, 6.07) is 26.0. The largest absolute Gasteiger partial charge is 0.115 e. The Bertz CT molecular complexity index is 1330. The molecule has 0 heterocycles. The lowest BCUT2D eigenvalue weighted by Crippen LogP contribution is -2.54. The van der Waals surface area contributed by atoms with E-state index in [1.165, 1.54) is 31.2 Å². The molecule has 3 aromatic rings. The van der Waals surface area contributed by atoms with Gasteiger partial charge >= 0.3 is 0 Å². The zero-order valence-corrected chi connectivity index (χ0v) is 21.2. The number of hydrogen-bond acceptors (Lipinski definition) is 0. The molecule has 172 valence electrons. The summed E-state index contributed by atoms with van der Waals surface area (Å²) in [6.45, 7) is 9.80. The SMILES string of the molecule is C#Cc1ccc2c(c1)[C@]1(CCC)c3ccccc3[C@]3(CCC)c4ccccc4[C@@]2(CCC)[C@@]31C. The van der Waals surface area contributed by atoms with Gasteiger partial charge in [-0.15, -0.1) is 6.42 Å². The fourth-order valence-corrected chi connectivity index (χ4v) is 9.64. The molecule has 3 aromatic carbocycles. The number of fused-ring (bicyclic) bond motifs is 9. The lowest BCUT2D eigenvalue weighted by Gasteiger charge is -2.53. The van der Waals surface area contributed by atoms with Gasteiger partial charge < -0.3 is 0 Å². The lowest BCUT2D eigenvalue weighted by molar-refractivity contribution is 0.0540. The van der Waals surface area contributed by atoms with E-state index in [1.54, 1.807) is 27.8 Å². The first-order valence-corrected chi connectivity index (χ1v) is 13.4. The molecule has 0 aromatic heterocycles. The van der Waals surface area contributed by atoms with Gasteiger partial charge in [-0.05, 0) is 64.8 Å². The van der Waals surface area contributed by atoms with E-state index in [1.807, 2.05) is 0 Å². The highest BCUT2D eigenvalue weighted by Gasteiger charge is 2.82. The molecule has 4 atom stereocenters. The van der Waals surface area contributed by atoms with Crippen LogP contribution in [0.15, 0.2) is 66.7 Å². The van der Waals surface area contributed by atoms with E-state index in [-0.39, 0.29) is 21.7 Å². The third kappa shape index (κ3) is 1.95. The highest BCUT2D eigenvalue weighted by atomic mass is 14.8. The summed E-state index contributed by atoms with van der Waals surface area (Å²) in [5.41, 5.74) is 10.4. The first kappa shape index (κ1) is 21.7.